The molecule has 3 aliphatic carbocycles. The summed E-state index contributed by atoms with van der Waals surface area (Å²) in [5.74, 6) is 0.00499. The van der Waals surface area contributed by atoms with Crippen molar-refractivity contribution in [1.29, 1.82) is 0 Å². The second-order valence-corrected chi connectivity index (χ2v) is 12.4. The van der Waals surface area contributed by atoms with Crippen LogP contribution in [0.5, 0.6) is 0 Å². The number of hydrogen-bond acceptors (Lipinski definition) is 6. The molecular weight excluding hydrogens is 493 g/mol. The number of nitrogens with one attached hydrogen (secondary N) is 1. The first-order valence-corrected chi connectivity index (χ1v) is 14.3. The number of aryl methyl sites for hydroxylation is 1. The maximum absolute atomic E-state index is 13.5. The third kappa shape index (κ3) is 4.69. The van der Waals surface area contributed by atoms with Crippen molar-refractivity contribution in [1.82, 2.24) is 19.8 Å². The summed E-state index contributed by atoms with van der Waals surface area (Å²) in [5.41, 5.74) is 8.32. The van der Waals surface area contributed by atoms with E-state index >= 15 is 0 Å². The molecule has 3 N–H and O–H groups in total. The summed E-state index contributed by atoms with van der Waals surface area (Å²) in [6.07, 6.45) is 7.38. The van der Waals surface area contributed by atoms with Crippen LogP contribution in [0.25, 0.3) is 0 Å². The number of nitrogen functional groups attached to an aromatic ring is 1. The molecule has 0 bridgehead atoms. The molecule has 6 rings (SSSR count). The van der Waals surface area contributed by atoms with Gasteiger partial charge in [-0.1, -0.05) is 0 Å². The zero-order valence-corrected chi connectivity index (χ0v) is 22.0. The lowest BCUT2D eigenvalue weighted by atomic mass is 9.89. The Hall–Kier alpha value is -2.75. The fourth-order valence-electron chi connectivity index (χ4n) is 5.88. The molecule has 0 spiro atoms. The van der Waals surface area contributed by atoms with Crippen molar-refractivity contribution in [2.24, 2.45) is 11.8 Å². The predicted octanol–water partition coefficient (Wildman–Crippen LogP) is 3.49. The van der Waals surface area contributed by atoms with Crippen molar-refractivity contribution in [3.63, 3.8) is 0 Å². The number of rotatable bonds is 8. The number of anilines is 1. The van der Waals surface area contributed by atoms with Crippen molar-refractivity contribution in [2.45, 2.75) is 83.0 Å². The fourth-order valence-corrected chi connectivity index (χ4v) is 7.24. The van der Waals surface area contributed by atoms with Crippen LogP contribution in [0.15, 0.2) is 6.33 Å². The van der Waals surface area contributed by atoms with Crippen LogP contribution in [0.1, 0.15) is 87.7 Å². The first-order valence-electron chi connectivity index (χ1n) is 13.5. The molecule has 0 unspecified atom stereocenters. The van der Waals surface area contributed by atoms with Crippen molar-refractivity contribution < 1.29 is 18.8 Å². The molecule has 0 aromatic carbocycles. The first kappa shape index (κ1) is 24.6. The number of carbonyl (C=O) groups excluding carboxylic acids is 3. The molecule has 3 fully saturated rings. The standard InChI is InChI=1S/C27H34FN5O3S/c1-14-3-2-8-32(14)27(36)24-25(29)33(13-31-24)16-6-7-21-18(9-16)23(26(35)30-12-15-4-5-15)22(37-21)11-20(34)17-10-19(17)28/h13-17,19H,2-12,29H2,1H3,(H,30,35)/t14-,16-,17-,19+/m0/s1. The summed E-state index contributed by atoms with van der Waals surface area (Å²) in [7, 11) is 0. The average molecular weight is 528 g/mol. The van der Waals surface area contributed by atoms with Crippen LogP contribution in [0.4, 0.5) is 10.2 Å². The Morgan fingerprint density at radius 3 is 2.70 bits per heavy atom. The van der Waals surface area contributed by atoms with E-state index in [9.17, 15) is 18.8 Å². The minimum absolute atomic E-state index is 0.0376. The number of carbonyl (C=O) groups is 3. The van der Waals surface area contributed by atoms with Crippen LogP contribution in [-0.4, -0.2) is 57.4 Å². The Balaban J connectivity index is 1.26. The van der Waals surface area contributed by atoms with Gasteiger partial charge in [-0.3, -0.25) is 14.4 Å². The van der Waals surface area contributed by atoms with Gasteiger partial charge < -0.3 is 20.5 Å². The van der Waals surface area contributed by atoms with Crippen LogP contribution in [0, 0.1) is 11.8 Å². The van der Waals surface area contributed by atoms with E-state index in [1.54, 1.807) is 6.33 Å². The van der Waals surface area contributed by atoms with Crippen LogP contribution in [0.3, 0.4) is 0 Å². The number of nitrogens with two attached hydrogens (primary N) is 1. The lowest BCUT2D eigenvalue weighted by molar-refractivity contribution is -0.119. The monoisotopic (exact) mass is 527 g/mol. The molecule has 2 aromatic rings. The highest BCUT2D eigenvalue weighted by Gasteiger charge is 2.44. The van der Waals surface area contributed by atoms with Crippen molar-refractivity contribution >= 4 is 34.8 Å². The van der Waals surface area contributed by atoms with E-state index in [1.165, 1.54) is 11.3 Å². The van der Waals surface area contributed by atoms with Gasteiger partial charge in [-0.05, 0) is 69.8 Å². The molecule has 2 amide bonds. The molecule has 10 heteroatoms. The summed E-state index contributed by atoms with van der Waals surface area (Å²) in [6.45, 7) is 3.41. The van der Waals surface area contributed by atoms with E-state index in [0.717, 1.165) is 60.4 Å². The van der Waals surface area contributed by atoms with Gasteiger partial charge in [0.05, 0.1) is 17.8 Å². The van der Waals surface area contributed by atoms with Crippen molar-refractivity contribution in [3.05, 3.63) is 32.9 Å². The van der Waals surface area contributed by atoms with E-state index in [0.29, 0.717) is 42.4 Å². The zero-order chi connectivity index (χ0) is 25.8. The molecule has 2 aromatic heterocycles. The van der Waals surface area contributed by atoms with E-state index in [1.807, 2.05) is 16.4 Å². The van der Waals surface area contributed by atoms with Gasteiger partial charge in [-0.15, -0.1) is 11.3 Å². The molecule has 2 saturated carbocycles. The summed E-state index contributed by atoms with van der Waals surface area (Å²) in [4.78, 5) is 47.2. The third-order valence-electron chi connectivity index (χ3n) is 8.49. The van der Waals surface area contributed by atoms with Gasteiger partial charge in [-0.2, -0.15) is 0 Å². The Morgan fingerprint density at radius 1 is 1.24 bits per heavy atom. The van der Waals surface area contributed by atoms with Gasteiger partial charge in [0, 0.05) is 41.3 Å². The maximum Gasteiger partial charge on any atom is 0.276 e. The molecule has 3 heterocycles. The number of ketones is 1. The molecule has 4 atom stereocenters. The SMILES string of the molecule is C[C@H]1CCCN1C(=O)c1ncn([C@H]2CCc3sc(CC(=O)[C@H]4C[C@H]4F)c(C(=O)NCC4CC4)c3C2)c1N. The number of aromatic nitrogens is 2. The van der Waals surface area contributed by atoms with Gasteiger partial charge in [0.1, 0.15) is 17.8 Å². The summed E-state index contributed by atoms with van der Waals surface area (Å²) < 4.78 is 15.4. The highest BCUT2D eigenvalue weighted by Crippen LogP contribution is 2.42. The Labute approximate surface area is 219 Å². The number of thiophene rings is 1. The number of imidazole rings is 1. The Morgan fingerprint density at radius 2 is 2.03 bits per heavy atom. The molecule has 0 radical (unpaired) electrons. The number of amides is 2. The quantitative estimate of drug-likeness (QED) is 0.546. The lowest BCUT2D eigenvalue weighted by Gasteiger charge is -2.25. The van der Waals surface area contributed by atoms with E-state index in [4.69, 9.17) is 5.73 Å². The van der Waals surface area contributed by atoms with Gasteiger partial charge in [0.25, 0.3) is 11.8 Å². The van der Waals surface area contributed by atoms with Gasteiger partial charge in [0.2, 0.25) is 0 Å². The number of nitrogens with zero attached hydrogens (tertiary/aromatic N) is 3. The highest BCUT2D eigenvalue weighted by atomic mass is 32.1. The molecule has 198 valence electrons. The predicted molar refractivity (Wildman–Crippen MR) is 139 cm³/mol. The molecular formula is C27H34FN5O3S. The summed E-state index contributed by atoms with van der Waals surface area (Å²) in [6, 6.07) is 0.144. The second kappa shape index (κ2) is 9.53. The van der Waals surface area contributed by atoms with Gasteiger partial charge in [0.15, 0.2) is 5.69 Å². The first-order chi connectivity index (χ1) is 17.8. The van der Waals surface area contributed by atoms with Gasteiger partial charge >= 0.3 is 0 Å². The molecule has 8 nitrogen and oxygen atoms in total. The van der Waals surface area contributed by atoms with E-state index in [2.05, 4.69) is 10.3 Å². The second-order valence-electron chi connectivity index (χ2n) is 11.2. The topological polar surface area (TPSA) is 110 Å². The number of likely N-dealkylation sites (tertiary alicyclic amines) is 1. The maximum atomic E-state index is 13.5. The van der Waals surface area contributed by atoms with E-state index in [-0.39, 0.29) is 36.1 Å². The summed E-state index contributed by atoms with van der Waals surface area (Å²) >= 11 is 1.52. The fraction of sp³-hybridized carbons (Fsp3) is 0.630. The van der Waals surface area contributed by atoms with Crippen molar-refractivity contribution in [2.75, 3.05) is 18.8 Å². The number of Topliss-reactive ketones (excluding diaryl/α,β-unsaturated/α-hetero) is 1. The smallest absolute Gasteiger partial charge is 0.276 e. The largest absolute Gasteiger partial charge is 0.383 e. The molecule has 1 saturated heterocycles. The Kier molecular flexibility index (Phi) is 6.33. The van der Waals surface area contributed by atoms with E-state index < -0.39 is 12.1 Å². The normalized spacial score (nSPS) is 26.7. The average Bonchev–Trinajstić information content (AvgIpc) is 3.72. The molecule has 1 aliphatic heterocycles. The van der Waals surface area contributed by atoms with Gasteiger partial charge in [-0.25, -0.2) is 9.37 Å². The number of hydrogen-bond donors (Lipinski definition) is 2. The molecule has 37 heavy (non-hydrogen) atoms. The van der Waals surface area contributed by atoms with Crippen LogP contribution in [0.2, 0.25) is 0 Å². The molecule has 4 aliphatic rings. The third-order valence-corrected chi connectivity index (χ3v) is 9.78. The summed E-state index contributed by atoms with van der Waals surface area (Å²) in [5, 5.41) is 3.07. The van der Waals surface area contributed by atoms with Crippen LogP contribution < -0.4 is 11.1 Å². The van der Waals surface area contributed by atoms with Crippen molar-refractivity contribution in [3.8, 4) is 0 Å². The lowest BCUT2D eigenvalue weighted by Crippen LogP contribution is -2.34. The van der Waals surface area contributed by atoms with Crippen LogP contribution in [-0.2, 0) is 24.1 Å². The van der Waals surface area contributed by atoms with Crippen LogP contribution >= 0.6 is 11.3 Å². The minimum Gasteiger partial charge on any atom is -0.383 e. The number of halogens is 1. The number of alkyl halides is 1. The highest BCUT2D eigenvalue weighted by molar-refractivity contribution is 7.12. The minimum atomic E-state index is -1.04. The number of fused-ring (bicyclic) bond motifs is 1. The Bertz CT molecular complexity index is 1250. The zero-order valence-electron chi connectivity index (χ0n) is 21.2.